The maximum absolute atomic E-state index is 14.9. The first-order valence-corrected chi connectivity index (χ1v) is 19.9. The number of likely N-dealkylation sites (N-methyl/N-ethyl adjacent to an activating group) is 2. The summed E-state index contributed by atoms with van der Waals surface area (Å²) in [5.41, 5.74) is 7.90. The number of hydrazine groups is 1. The molecule has 0 aliphatic heterocycles. The summed E-state index contributed by atoms with van der Waals surface area (Å²) in [4.78, 5) is 59.1. The van der Waals surface area contributed by atoms with E-state index < -0.39 is 41.7 Å². The van der Waals surface area contributed by atoms with Gasteiger partial charge < -0.3 is 14.4 Å². The van der Waals surface area contributed by atoms with Crippen molar-refractivity contribution in [2.24, 2.45) is 5.92 Å². The fraction of sp³-hybridized carbons (Fsp3) is 0.333. The number of nitrogens with zero attached hydrogens (tertiary/aromatic N) is 3. The topological polar surface area (TPSA) is 108 Å². The van der Waals surface area contributed by atoms with Crippen molar-refractivity contribution in [3.63, 3.8) is 0 Å². The summed E-state index contributed by atoms with van der Waals surface area (Å²) in [5.74, 6) is -1.15. The van der Waals surface area contributed by atoms with Crippen LogP contribution < -0.4 is 5.43 Å². The Kier molecular flexibility index (Phi) is 12.8. The molecule has 0 spiro atoms. The standard InChI is InChI=1S/C48H54N4O6/c1-8-32(2)48(3,4)58-47(56)52(7)49-44(53)42(29-33-18-10-9-11-19-33)50(5)45(54)43(30-34-26-27-35-20-12-13-21-36(35)28-34)51(6)46(55)57-31-41-39-24-16-14-22-37(39)38-23-15-17-25-40(38)41/h9-28,32,41-43H,8,29-31H2,1-7H3,(H,49,53)/t32?,42?,43-/m1/s1. The van der Waals surface area contributed by atoms with Gasteiger partial charge in [-0.1, -0.05) is 135 Å². The van der Waals surface area contributed by atoms with Gasteiger partial charge in [0.25, 0.3) is 5.91 Å². The van der Waals surface area contributed by atoms with Gasteiger partial charge in [0.2, 0.25) is 5.91 Å². The molecular formula is C48H54N4O6. The Balaban J connectivity index is 1.27. The summed E-state index contributed by atoms with van der Waals surface area (Å²) in [6, 6.07) is 37.4. The molecule has 0 bridgehead atoms. The second-order valence-electron chi connectivity index (χ2n) is 15.8. The van der Waals surface area contributed by atoms with E-state index in [1.54, 1.807) is 14.1 Å². The SMILES string of the molecule is CCC(C)C(C)(C)OC(=O)N(C)NC(=O)C(Cc1ccccc1)N(C)C(=O)[C@@H](Cc1ccc2ccccc2c1)N(C)C(=O)OCC1c2ccccc2-c2ccccc21. The number of benzene rings is 5. The Bertz CT molecular complexity index is 2210. The molecule has 10 nitrogen and oxygen atoms in total. The molecule has 1 aliphatic carbocycles. The molecule has 5 aromatic rings. The summed E-state index contributed by atoms with van der Waals surface area (Å²) in [5, 5.41) is 3.06. The Morgan fingerprint density at radius 1 is 0.672 bits per heavy atom. The Labute approximate surface area is 341 Å². The highest BCUT2D eigenvalue weighted by Gasteiger charge is 2.38. The van der Waals surface area contributed by atoms with Gasteiger partial charge in [0.1, 0.15) is 24.3 Å². The van der Waals surface area contributed by atoms with Gasteiger partial charge in [-0.15, -0.1) is 0 Å². The van der Waals surface area contributed by atoms with E-state index >= 15 is 0 Å². The van der Waals surface area contributed by atoms with E-state index in [0.29, 0.717) is 0 Å². The highest BCUT2D eigenvalue weighted by atomic mass is 16.6. The van der Waals surface area contributed by atoms with Crippen LogP contribution in [0, 0.1) is 5.92 Å². The lowest BCUT2D eigenvalue weighted by Gasteiger charge is -2.35. The van der Waals surface area contributed by atoms with Crippen molar-refractivity contribution in [1.82, 2.24) is 20.2 Å². The molecule has 10 heteroatoms. The largest absolute Gasteiger partial charge is 0.448 e. The highest BCUT2D eigenvalue weighted by molar-refractivity contribution is 5.92. The summed E-state index contributed by atoms with van der Waals surface area (Å²) >= 11 is 0. The van der Waals surface area contributed by atoms with Gasteiger partial charge in [-0.05, 0) is 70.3 Å². The average Bonchev–Trinajstić information content (AvgIpc) is 3.56. The molecular weight excluding hydrogens is 729 g/mol. The Hall–Kier alpha value is -6.16. The van der Waals surface area contributed by atoms with Gasteiger partial charge in [-0.3, -0.25) is 19.9 Å². The predicted molar refractivity (Wildman–Crippen MR) is 227 cm³/mol. The van der Waals surface area contributed by atoms with Crippen molar-refractivity contribution in [3.05, 3.63) is 144 Å². The quantitative estimate of drug-likeness (QED) is 0.120. The molecule has 0 fully saturated rings. The number of hydrogen-bond acceptors (Lipinski definition) is 6. The lowest BCUT2D eigenvalue weighted by molar-refractivity contribution is -0.144. The number of fused-ring (bicyclic) bond motifs is 4. The third-order valence-corrected chi connectivity index (χ3v) is 11.7. The predicted octanol–water partition coefficient (Wildman–Crippen LogP) is 8.63. The number of nitrogens with one attached hydrogen (secondary N) is 1. The molecule has 1 N–H and O–H groups in total. The van der Waals surface area contributed by atoms with Crippen LogP contribution >= 0.6 is 0 Å². The van der Waals surface area contributed by atoms with Gasteiger partial charge in [0, 0.05) is 39.9 Å². The number of amides is 4. The molecule has 2 unspecified atom stereocenters. The van der Waals surface area contributed by atoms with E-state index in [1.807, 2.05) is 125 Å². The lowest BCUT2D eigenvalue weighted by atomic mass is 9.90. The molecule has 0 aromatic heterocycles. The first kappa shape index (κ1) is 41.5. The van der Waals surface area contributed by atoms with Gasteiger partial charge in [0.15, 0.2) is 0 Å². The number of ether oxygens (including phenoxy) is 2. The first-order chi connectivity index (χ1) is 27.8. The summed E-state index contributed by atoms with van der Waals surface area (Å²) in [7, 11) is 4.53. The monoisotopic (exact) mass is 782 g/mol. The Morgan fingerprint density at radius 2 is 1.24 bits per heavy atom. The molecule has 5 aromatic carbocycles. The third-order valence-electron chi connectivity index (χ3n) is 11.7. The minimum Gasteiger partial charge on any atom is -0.448 e. The molecule has 0 saturated carbocycles. The maximum atomic E-state index is 14.9. The molecule has 6 rings (SSSR count). The van der Waals surface area contributed by atoms with Crippen molar-refractivity contribution in [2.45, 2.75) is 70.6 Å². The summed E-state index contributed by atoms with van der Waals surface area (Å²) < 4.78 is 11.8. The van der Waals surface area contributed by atoms with E-state index in [2.05, 4.69) is 29.7 Å². The van der Waals surface area contributed by atoms with E-state index in [1.165, 1.54) is 16.8 Å². The normalized spacial score (nSPS) is 13.7. The summed E-state index contributed by atoms with van der Waals surface area (Å²) in [6.45, 7) is 7.77. The third kappa shape index (κ3) is 9.17. The molecule has 1 aliphatic rings. The number of carbonyl (C=O) groups is 4. The van der Waals surface area contributed by atoms with Crippen molar-refractivity contribution >= 4 is 34.8 Å². The van der Waals surface area contributed by atoms with Crippen LogP contribution in [0.2, 0.25) is 0 Å². The smallest absolute Gasteiger partial charge is 0.428 e. The fourth-order valence-corrected chi connectivity index (χ4v) is 7.60. The van der Waals surface area contributed by atoms with Crippen LogP contribution in [-0.4, -0.2) is 84.2 Å². The van der Waals surface area contributed by atoms with E-state index in [4.69, 9.17) is 9.47 Å². The number of carbonyl (C=O) groups excluding carboxylic acids is 4. The lowest BCUT2D eigenvalue weighted by Crippen LogP contribution is -2.58. The number of hydrogen-bond donors (Lipinski definition) is 1. The zero-order valence-corrected chi connectivity index (χ0v) is 34.5. The molecule has 302 valence electrons. The minimum absolute atomic E-state index is 0.0723. The minimum atomic E-state index is -1.07. The van der Waals surface area contributed by atoms with Crippen LogP contribution in [0.5, 0.6) is 0 Å². The molecule has 0 heterocycles. The second kappa shape index (κ2) is 18.0. The van der Waals surface area contributed by atoms with Crippen molar-refractivity contribution in [3.8, 4) is 11.1 Å². The van der Waals surface area contributed by atoms with E-state index in [9.17, 15) is 19.2 Å². The van der Waals surface area contributed by atoms with Gasteiger partial charge in [-0.2, -0.15) is 0 Å². The van der Waals surface area contributed by atoms with Gasteiger partial charge in [-0.25, -0.2) is 14.6 Å². The average molecular weight is 783 g/mol. The zero-order valence-electron chi connectivity index (χ0n) is 34.5. The molecule has 4 amide bonds. The van der Waals surface area contributed by atoms with Crippen molar-refractivity contribution in [1.29, 1.82) is 0 Å². The Morgan fingerprint density at radius 3 is 1.88 bits per heavy atom. The molecule has 0 radical (unpaired) electrons. The van der Waals surface area contributed by atoms with Crippen LogP contribution in [-0.2, 0) is 31.9 Å². The first-order valence-electron chi connectivity index (χ1n) is 19.9. The maximum Gasteiger partial charge on any atom is 0.428 e. The molecule has 3 atom stereocenters. The van der Waals surface area contributed by atoms with Gasteiger partial charge in [0.05, 0.1) is 0 Å². The second-order valence-corrected chi connectivity index (χ2v) is 15.8. The summed E-state index contributed by atoms with van der Waals surface area (Å²) in [6.07, 6.45) is -0.286. The van der Waals surface area contributed by atoms with Crippen molar-refractivity contribution < 1.29 is 28.7 Å². The highest BCUT2D eigenvalue weighted by Crippen LogP contribution is 2.44. The van der Waals surface area contributed by atoms with Crippen LogP contribution in [0.4, 0.5) is 9.59 Å². The van der Waals surface area contributed by atoms with Crippen LogP contribution in [0.3, 0.4) is 0 Å². The van der Waals surface area contributed by atoms with E-state index in [0.717, 1.165) is 55.6 Å². The molecule has 0 saturated heterocycles. The molecule has 58 heavy (non-hydrogen) atoms. The van der Waals surface area contributed by atoms with Crippen LogP contribution in [0.1, 0.15) is 62.3 Å². The fourth-order valence-electron chi connectivity index (χ4n) is 7.60. The van der Waals surface area contributed by atoms with E-state index in [-0.39, 0.29) is 31.3 Å². The van der Waals surface area contributed by atoms with Gasteiger partial charge >= 0.3 is 12.2 Å². The zero-order chi connectivity index (χ0) is 41.6. The van der Waals surface area contributed by atoms with Crippen molar-refractivity contribution in [2.75, 3.05) is 27.7 Å². The van der Waals surface area contributed by atoms with Crippen LogP contribution in [0.25, 0.3) is 21.9 Å². The number of rotatable bonds is 13. The van der Waals surface area contributed by atoms with Crippen LogP contribution in [0.15, 0.2) is 121 Å².